The summed E-state index contributed by atoms with van der Waals surface area (Å²) in [5, 5.41) is 6.10. The molecule has 8 nitrogen and oxygen atoms in total. The number of likely N-dealkylation sites (tertiary alicyclic amines) is 1. The normalized spacial score (nSPS) is 18.7. The van der Waals surface area contributed by atoms with E-state index in [0.717, 1.165) is 38.0 Å². The lowest BCUT2D eigenvalue weighted by Gasteiger charge is -2.30. The van der Waals surface area contributed by atoms with Crippen LogP contribution in [0.15, 0.2) is 29.3 Å². The number of halogens is 1. The highest BCUT2D eigenvalue weighted by atomic mass is 127. The molecule has 0 aliphatic carbocycles. The number of carbonyl (C=O) groups is 2. The van der Waals surface area contributed by atoms with Crippen LogP contribution < -0.4 is 15.5 Å². The minimum absolute atomic E-state index is 0. The van der Waals surface area contributed by atoms with Crippen molar-refractivity contribution in [2.24, 2.45) is 4.99 Å². The fourth-order valence-electron chi connectivity index (χ4n) is 3.92. The summed E-state index contributed by atoms with van der Waals surface area (Å²) in [4.78, 5) is 33.1. The molecule has 1 aromatic rings. The summed E-state index contributed by atoms with van der Waals surface area (Å²) in [7, 11) is 1.71. The van der Waals surface area contributed by atoms with E-state index in [1.165, 1.54) is 5.56 Å². The van der Waals surface area contributed by atoms with Gasteiger partial charge in [-0.1, -0.05) is 18.2 Å². The van der Waals surface area contributed by atoms with Crippen LogP contribution in [-0.4, -0.2) is 67.7 Å². The Hall–Kier alpha value is -2.04. The number of anilines is 1. The smallest absolute Gasteiger partial charge is 0.407 e. The maximum absolute atomic E-state index is 12.9. The molecule has 0 saturated carbocycles. The van der Waals surface area contributed by atoms with Crippen molar-refractivity contribution in [1.29, 1.82) is 0 Å². The molecule has 1 aromatic carbocycles. The highest BCUT2D eigenvalue weighted by Crippen LogP contribution is 2.26. The van der Waals surface area contributed by atoms with Gasteiger partial charge in [-0.05, 0) is 51.7 Å². The monoisotopic (exact) mass is 543 g/mol. The standard InChI is InChI=1S/C22H33N5O3.HI/c1-22(2,3)30-21(29)25-17-11-13-26(15-17)20(23-4)24-14-19(28)27-12-7-9-16-8-5-6-10-18(16)27;/h5-6,8,10,17H,7,9,11-15H2,1-4H3,(H,23,24)(H,25,29);1H. The zero-order valence-corrected chi connectivity index (χ0v) is 21.1. The van der Waals surface area contributed by atoms with Crippen LogP contribution in [-0.2, 0) is 16.0 Å². The number of hydrogen-bond acceptors (Lipinski definition) is 4. The van der Waals surface area contributed by atoms with Crippen LogP contribution in [0.25, 0.3) is 0 Å². The lowest BCUT2D eigenvalue weighted by molar-refractivity contribution is -0.117. The predicted molar refractivity (Wildman–Crippen MR) is 133 cm³/mol. The third-order valence-corrected chi connectivity index (χ3v) is 5.23. The van der Waals surface area contributed by atoms with Gasteiger partial charge in [0, 0.05) is 32.4 Å². The van der Waals surface area contributed by atoms with E-state index in [0.29, 0.717) is 12.5 Å². The Morgan fingerprint density at radius 2 is 1.97 bits per heavy atom. The van der Waals surface area contributed by atoms with Crippen LogP contribution in [0.1, 0.15) is 39.2 Å². The van der Waals surface area contributed by atoms with Crippen LogP contribution in [0.3, 0.4) is 0 Å². The van der Waals surface area contributed by atoms with Crippen molar-refractivity contribution in [3.05, 3.63) is 29.8 Å². The van der Waals surface area contributed by atoms with Crippen molar-refractivity contribution in [3.8, 4) is 0 Å². The van der Waals surface area contributed by atoms with Crippen molar-refractivity contribution in [2.45, 2.75) is 51.7 Å². The van der Waals surface area contributed by atoms with Gasteiger partial charge in [-0.3, -0.25) is 9.79 Å². The molecule has 31 heavy (non-hydrogen) atoms. The summed E-state index contributed by atoms with van der Waals surface area (Å²) in [5.41, 5.74) is 1.71. The highest BCUT2D eigenvalue weighted by Gasteiger charge is 2.29. The first-order valence-corrected chi connectivity index (χ1v) is 10.6. The lowest BCUT2D eigenvalue weighted by atomic mass is 10.0. The Bertz CT molecular complexity index is 809. The third kappa shape index (κ3) is 6.98. The van der Waals surface area contributed by atoms with Crippen molar-refractivity contribution in [3.63, 3.8) is 0 Å². The number of rotatable bonds is 3. The summed E-state index contributed by atoms with van der Waals surface area (Å²) < 4.78 is 5.33. The van der Waals surface area contributed by atoms with Gasteiger partial charge in [0.1, 0.15) is 5.60 Å². The van der Waals surface area contributed by atoms with Gasteiger partial charge < -0.3 is 25.2 Å². The number of alkyl carbamates (subject to hydrolysis) is 1. The molecule has 1 atom stereocenters. The molecule has 9 heteroatoms. The fourth-order valence-corrected chi connectivity index (χ4v) is 3.92. The van der Waals surface area contributed by atoms with Gasteiger partial charge in [0.05, 0.1) is 12.6 Å². The number of aryl methyl sites for hydroxylation is 1. The molecule has 0 radical (unpaired) electrons. The third-order valence-electron chi connectivity index (χ3n) is 5.23. The van der Waals surface area contributed by atoms with Crippen LogP contribution in [0, 0.1) is 0 Å². The number of ether oxygens (including phenoxy) is 1. The SMILES string of the molecule is CN=C(NCC(=O)N1CCCc2ccccc21)N1CCC(NC(=O)OC(C)(C)C)C1.I. The highest BCUT2D eigenvalue weighted by molar-refractivity contribution is 14.0. The number of carbonyl (C=O) groups excluding carboxylic acids is 2. The van der Waals surface area contributed by atoms with Gasteiger partial charge >= 0.3 is 6.09 Å². The minimum Gasteiger partial charge on any atom is -0.444 e. The number of benzene rings is 1. The molecule has 2 N–H and O–H groups in total. The number of nitrogens with zero attached hydrogens (tertiary/aromatic N) is 3. The number of guanidine groups is 1. The van der Waals surface area contributed by atoms with Gasteiger partial charge in [-0.2, -0.15) is 0 Å². The quantitative estimate of drug-likeness (QED) is 0.348. The summed E-state index contributed by atoms with van der Waals surface area (Å²) in [6.45, 7) is 7.83. The van der Waals surface area contributed by atoms with E-state index in [4.69, 9.17) is 4.74 Å². The van der Waals surface area contributed by atoms with E-state index >= 15 is 0 Å². The Balaban J connectivity index is 0.00000341. The van der Waals surface area contributed by atoms with Crippen LogP contribution in [0.2, 0.25) is 0 Å². The summed E-state index contributed by atoms with van der Waals surface area (Å²) >= 11 is 0. The van der Waals surface area contributed by atoms with Crippen LogP contribution >= 0.6 is 24.0 Å². The molecule has 1 saturated heterocycles. The molecule has 2 amide bonds. The second-order valence-corrected chi connectivity index (χ2v) is 8.76. The molecule has 1 unspecified atom stereocenters. The molecule has 2 heterocycles. The Kier molecular flexibility index (Phi) is 8.96. The molecule has 3 rings (SSSR count). The fraction of sp³-hybridized carbons (Fsp3) is 0.591. The second-order valence-electron chi connectivity index (χ2n) is 8.76. The number of fused-ring (bicyclic) bond motifs is 1. The van der Waals surface area contributed by atoms with Gasteiger partial charge in [0.2, 0.25) is 5.91 Å². The molecule has 2 aliphatic rings. The first kappa shape index (κ1) is 25.2. The zero-order chi connectivity index (χ0) is 21.7. The maximum Gasteiger partial charge on any atom is 0.407 e. The van der Waals surface area contributed by atoms with Crippen molar-refractivity contribution < 1.29 is 14.3 Å². The van der Waals surface area contributed by atoms with E-state index in [-0.39, 0.29) is 42.5 Å². The Morgan fingerprint density at radius 3 is 2.68 bits per heavy atom. The molecular weight excluding hydrogens is 509 g/mol. The average molecular weight is 543 g/mol. The first-order chi connectivity index (χ1) is 14.3. The topological polar surface area (TPSA) is 86.3 Å². The Labute approximate surface area is 201 Å². The molecule has 1 fully saturated rings. The molecule has 0 bridgehead atoms. The molecule has 0 aromatic heterocycles. The average Bonchev–Trinajstić information content (AvgIpc) is 3.14. The predicted octanol–water partition coefficient (Wildman–Crippen LogP) is 2.76. The number of amides is 2. The number of nitrogens with one attached hydrogen (secondary N) is 2. The van der Waals surface area contributed by atoms with Crippen molar-refractivity contribution >= 4 is 47.6 Å². The summed E-state index contributed by atoms with van der Waals surface area (Å²) in [6.07, 6.45) is 2.38. The van der Waals surface area contributed by atoms with Gasteiger partial charge in [-0.25, -0.2) is 4.79 Å². The number of aliphatic imine (C=N–C) groups is 1. The maximum atomic E-state index is 12.9. The van der Waals surface area contributed by atoms with E-state index in [2.05, 4.69) is 26.6 Å². The first-order valence-electron chi connectivity index (χ1n) is 10.6. The van der Waals surface area contributed by atoms with Crippen molar-refractivity contribution in [1.82, 2.24) is 15.5 Å². The van der Waals surface area contributed by atoms with Gasteiger partial charge in [0.15, 0.2) is 5.96 Å². The molecule has 2 aliphatic heterocycles. The van der Waals surface area contributed by atoms with E-state index in [9.17, 15) is 9.59 Å². The van der Waals surface area contributed by atoms with Gasteiger partial charge in [0.25, 0.3) is 0 Å². The molecular formula is C22H34IN5O3. The molecule has 0 spiro atoms. The van der Waals surface area contributed by atoms with Crippen LogP contribution in [0.5, 0.6) is 0 Å². The summed E-state index contributed by atoms with van der Waals surface area (Å²) in [6, 6.07) is 8.07. The second kappa shape index (κ2) is 11.0. The zero-order valence-electron chi connectivity index (χ0n) is 18.8. The number of hydrogen-bond donors (Lipinski definition) is 2. The van der Waals surface area contributed by atoms with E-state index in [1.807, 2.05) is 43.9 Å². The minimum atomic E-state index is -0.520. The van der Waals surface area contributed by atoms with E-state index in [1.54, 1.807) is 7.05 Å². The largest absolute Gasteiger partial charge is 0.444 e. The van der Waals surface area contributed by atoms with E-state index < -0.39 is 11.7 Å². The summed E-state index contributed by atoms with van der Waals surface area (Å²) in [5.74, 6) is 0.702. The lowest BCUT2D eigenvalue weighted by Crippen LogP contribution is -2.48. The van der Waals surface area contributed by atoms with Crippen LogP contribution in [0.4, 0.5) is 10.5 Å². The van der Waals surface area contributed by atoms with Crippen molar-refractivity contribution in [2.75, 3.05) is 38.1 Å². The number of para-hydroxylation sites is 1. The Morgan fingerprint density at radius 1 is 1.23 bits per heavy atom. The van der Waals surface area contributed by atoms with Gasteiger partial charge in [-0.15, -0.1) is 24.0 Å². The molecule has 172 valence electrons.